The van der Waals surface area contributed by atoms with Gasteiger partial charge in [-0.2, -0.15) is 0 Å². The normalized spacial score (nSPS) is 15.6. The lowest BCUT2D eigenvalue weighted by atomic mass is 9.92. The fourth-order valence-electron chi connectivity index (χ4n) is 4.26. The third-order valence-corrected chi connectivity index (χ3v) is 5.98. The Labute approximate surface area is 199 Å². The molecule has 0 saturated heterocycles. The lowest BCUT2D eigenvalue weighted by Crippen LogP contribution is -2.50. The minimum absolute atomic E-state index is 0.105. The summed E-state index contributed by atoms with van der Waals surface area (Å²) in [5.41, 5.74) is 8.79. The molecule has 0 spiro atoms. The van der Waals surface area contributed by atoms with E-state index in [-0.39, 0.29) is 5.56 Å². The van der Waals surface area contributed by atoms with E-state index in [0.717, 1.165) is 10.5 Å². The van der Waals surface area contributed by atoms with Crippen LogP contribution in [0.5, 0.6) is 0 Å². The van der Waals surface area contributed by atoms with Gasteiger partial charge in [0.2, 0.25) is 11.8 Å². The van der Waals surface area contributed by atoms with E-state index in [1.54, 1.807) is 37.3 Å². The van der Waals surface area contributed by atoms with Gasteiger partial charge in [-0.05, 0) is 54.8 Å². The zero-order chi connectivity index (χ0) is 25.4. The fraction of sp³-hybridized carbons (Fsp3) is 0.192. The van der Waals surface area contributed by atoms with Gasteiger partial charge in [-0.25, -0.2) is 18.1 Å². The molecule has 1 heterocycles. The van der Waals surface area contributed by atoms with E-state index < -0.39 is 53.6 Å². The quantitative estimate of drug-likeness (QED) is 0.434. The molecule has 1 aliphatic heterocycles. The molecule has 3 aromatic rings. The van der Waals surface area contributed by atoms with Crippen molar-refractivity contribution >= 4 is 29.1 Å². The van der Waals surface area contributed by atoms with Crippen LogP contribution >= 0.6 is 0 Å². The zero-order valence-electron chi connectivity index (χ0n) is 18.9. The highest BCUT2D eigenvalue weighted by Gasteiger charge is 2.37. The van der Waals surface area contributed by atoms with Gasteiger partial charge in [-0.1, -0.05) is 30.3 Å². The van der Waals surface area contributed by atoms with Crippen LogP contribution in [-0.4, -0.2) is 23.8 Å². The number of halogens is 3. The second-order valence-electron chi connectivity index (χ2n) is 8.40. The molecule has 6 nitrogen and oxygen atoms in total. The number of carbonyl (C=O) groups excluding carboxylic acids is 3. The molecule has 0 aromatic heterocycles. The molecule has 35 heavy (non-hydrogen) atoms. The summed E-state index contributed by atoms with van der Waals surface area (Å²) in [5, 5.41) is 2.45. The van der Waals surface area contributed by atoms with E-state index in [9.17, 15) is 27.6 Å². The Morgan fingerprint density at radius 2 is 1.71 bits per heavy atom. The van der Waals surface area contributed by atoms with Crippen molar-refractivity contribution in [1.82, 2.24) is 5.32 Å². The number of carbonyl (C=O) groups is 3. The van der Waals surface area contributed by atoms with E-state index in [1.807, 2.05) is 12.1 Å². The van der Waals surface area contributed by atoms with Crippen LogP contribution in [0.3, 0.4) is 0 Å². The van der Waals surface area contributed by atoms with Gasteiger partial charge in [-0.3, -0.25) is 14.4 Å². The largest absolute Gasteiger partial charge is 0.398 e. The molecule has 0 aliphatic carbocycles. The second kappa shape index (κ2) is 9.25. The molecule has 1 aliphatic rings. The van der Waals surface area contributed by atoms with Crippen molar-refractivity contribution in [2.24, 2.45) is 0 Å². The number of nitrogens with two attached hydrogens (primary N) is 1. The Balaban J connectivity index is 1.63. The van der Waals surface area contributed by atoms with Crippen LogP contribution in [0, 0.1) is 17.5 Å². The molecule has 2 atom stereocenters. The third-order valence-electron chi connectivity index (χ3n) is 5.98. The number of benzene rings is 3. The molecule has 3 aromatic carbocycles. The van der Waals surface area contributed by atoms with Crippen molar-refractivity contribution in [3.63, 3.8) is 0 Å². The van der Waals surface area contributed by atoms with Crippen molar-refractivity contribution < 1.29 is 27.6 Å². The first-order chi connectivity index (χ1) is 16.6. The number of amides is 3. The van der Waals surface area contributed by atoms with Crippen LogP contribution in [0.2, 0.25) is 0 Å². The molecule has 0 radical (unpaired) electrons. The number of anilines is 2. The van der Waals surface area contributed by atoms with E-state index in [4.69, 9.17) is 5.73 Å². The number of rotatable bonds is 4. The highest BCUT2D eigenvalue weighted by molar-refractivity contribution is 6.22. The van der Waals surface area contributed by atoms with Gasteiger partial charge < -0.3 is 11.1 Å². The SMILES string of the molecule is CC1C(=O)N(C(=O)[C@H](C)NC(=O)Cc2cc(F)c(F)c(F)c2)c2cccc(N)c2-c2ccccc21. The average molecular weight is 481 g/mol. The molecule has 3 amide bonds. The van der Waals surface area contributed by atoms with Crippen molar-refractivity contribution in [1.29, 1.82) is 0 Å². The van der Waals surface area contributed by atoms with E-state index in [2.05, 4.69) is 5.32 Å². The van der Waals surface area contributed by atoms with Crippen molar-refractivity contribution in [2.75, 3.05) is 10.6 Å². The number of fused-ring (bicyclic) bond motifs is 3. The zero-order valence-corrected chi connectivity index (χ0v) is 18.9. The number of nitrogens with one attached hydrogen (secondary N) is 1. The second-order valence-corrected chi connectivity index (χ2v) is 8.40. The van der Waals surface area contributed by atoms with E-state index >= 15 is 0 Å². The van der Waals surface area contributed by atoms with Crippen LogP contribution in [0.1, 0.15) is 30.9 Å². The summed E-state index contributed by atoms with van der Waals surface area (Å²) in [5.74, 6) is -7.07. The number of hydrogen-bond donors (Lipinski definition) is 2. The maximum Gasteiger partial charge on any atom is 0.256 e. The Hall–Kier alpha value is -4.14. The van der Waals surface area contributed by atoms with Gasteiger partial charge in [0.1, 0.15) is 6.04 Å². The molecule has 0 fully saturated rings. The topological polar surface area (TPSA) is 92.5 Å². The molecule has 4 rings (SSSR count). The summed E-state index contributed by atoms with van der Waals surface area (Å²) in [4.78, 5) is 40.4. The van der Waals surface area contributed by atoms with Gasteiger partial charge in [-0.15, -0.1) is 0 Å². The van der Waals surface area contributed by atoms with Crippen LogP contribution < -0.4 is 16.0 Å². The number of nitrogens with zero attached hydrogens (tertiary/aromatic N) is 1. The number of hydrogen-bond acceptors (Lipinski definition) is 4. The van der Waals surface area contributed by atoms with Gasteiger partial charge >= 0.3 is 0 Å². The maximum atomic E-state index is 13.5. The highest BCUT2D eigenvalue weighted by Crippen LogP contribution is 2.44. The predicted octanol–water partition coefficient (Wildman–Crippen LogP) is 4.08. The Morgan fingerprint density at radius 1 is 1.06 bits per heavy atom. The van der Waals surface area contributed by atoms with E-state index in [1.165, 1.54) is 6.92 Å². The molecular formula is C26H22F3N3O3. The third kappa shape index (κ3) is 4.37. The molecule has 0 bridgehead atoms. The molecule has 9 heteroatoms. The Bertz CT molecular complexity index is 1340. The number of imide groups is 1. The smallest absolute Gasteiger partial charge is 0.256 e. The average Bonchev–Trinajstić information content (AvgIpc) is 2.90. The summed E-state index contributed by atoms with van der Waals surface area (Å²) >= 11 is 0. The first-order valence-electron chi connectivity index (χ1n) is 10.9. The number of nitrogen functional groups attached to an aromatic ring is 1. The monoisotopic (exact) mass is 481 g/mol. The summed E-state index contributed by atoms with van der Waals surface area (Å²) < 4.78 is 40.1. The van der Waals surface area contributed by atoms with Gasteiger partial charge in [0.25, 0.3) is 5.91 Å². The lowest BCUT2D eigenvalue weighted by Gasteiger charge is -2.26. The minimum atomic E-state index is -1.63. The first kappa shape index (κ1) is 24.0. The molecule has 0 saturated carbocycles. The summed E-state index contributed by atoms with van der Waals surface area (Å²) in [6, 6.07) is 12.4. The van der Waals surface area contributed by atoms with Crippen LogP contribution in [-0.2, 0) is 20.8 Å². The summed E-state index contributed by atoms with van der Waals surface area (Å²) in [6.45, 7) is 3.08. The molecule has 180 valence electrons. The van der Waals surface area contributed by atoms with Gasteiger partial charge in [0, 0.05) is 11.3 Å². The maximum absolute atomic E-state index is 13.5. The minimum Gasteiger partial charge on any atom is -0.398 e. The summed E-state index contributed by atoms with van der Waals surface area (Å²) in [7, 11) is 0. The van der Waals surface area contributed by atoms with Crippen molar-refractivity contribution in [3.8, 4) is 11.1 Å². The van der Waals surface area contributed by atoms with Crippen LogP contribution in [0.4, 0.5) is 24.5 Å². The van der Waals surface area contributed by atoms with Gasteiger partial charge in [0.15, 0.2) is 17.5 Å². The molecule has 3 N–H and O–H groups in total. The van der Waals surface area contributed by atoms with Crippen molar-refractivity contribution in [2.45, 2.75) is 32.2 Å². The molecular weight excluding hydrogens is 459 g/mol. The predicted molar refractivity (Wildman–Crippen MR) is 125 cm³/mol. The van der Waals surface area contributed by atoms with Gasteiger partial charge in [0.05, 0.1) is 18.0 Å². The lowest BCUT2D eigenvalue weighted by molar-refractivity contribution is -0.131. The highest BCUT2D eigenvalue weighted by atomic mass is 19.2. The standard InChI is InChI=1S/C26H22F3N3O3/c1-13-16-6-3-4-7-17(16)23-20(30)8-5-9-21(23)32(25(13)34)26(35)14(2)31-22(33)12-15-10-18(27)24(29)19(28)11-15/h3-11,13-14H,12,30H2,1-2H3,(H,31,33)/t13?,14-/m0/s1. The fourth-order valence-corrected chi connectivity index (χ4v) is 4.26. The van der Waals surface area contributed by atoms with Crippen LogP contribution in [0.25, 0.3) is 11.1 Å². The summed E-state index contributed by atoms with van der Waals surface area (Å²) in [6.07, 6.45) is -0.495. The first-order valence-corrected chi connectivity index (χ1v) is 10.9. The van der Waals surface area contributed by atoms with E-state index in [0.29, 0.717) is 34.6 Å². The van der Waals surface area contributed by atoms with Crippen molar-refractivity contribution in [3.05, 3.63) is 83.2 Å². The molecule has 1 unspecified atom stereocenters. The Morgan fingerprint density at radius 3 is 2.40 bits per heavy atom. The van der Waals surface area contributed by atoms with Crippen LogP contribution in [0.15, 0.2) is 54.6 Å². The Kier molecular flexibility index (Phi) is 6.34.